The van der Waals surface area contributed by atoms with Crippen LogP contribution in [0.4, 0.5) is 0 Å². The highest BCUT2D eigenvalue weighted by Gasteiger charge is 2.06. The Bertz CT molecular complexity index is 713. The Morgan fingerprint density at radius 1 is 1.22 bits per heavy atom. The SMILES string of the molecule is CN=C(NCCc1ccc(Cl)nc1)NCC(C)Oc1cccc(OC)c1.I. The largest absolute Gasteiger partial charge is 0.497 e. The molecular weight excluding hydrogens is 479 g/mol. The van der Waals surface area contributed by atoms with Crippen molar-refractivity contribution in [3.63, 3.8) is 0 Å². The van der Waals surface area contributed by atoms with E-state index in [-0.39, 0.29) is 30.1 Å². The van der Waals surface area contributed by atoms with Crippen molar-refractivity contribution in [2.45, 2.75) is 19.4 Å². The molecule has 0 spiro atoms. The first-order chi connectivity index (χ1) is 12.6. The summed E-state index contributed by atoms with van der Waals surface area (Å²) in [6.07, 6.45) is 2.59. The van der Waals surface area contributed by atoms with E-state index in [2.05, 4.69) is 20.6 Å². The van der Waals surface area contributed by atoms with Crippen LogP contribution >= 0.6 is 35.6 Å². The van der Waals surface area contributed by atoms with Crippen molar-refractivity contribution in [2.24, 2.45) is 4.99 Å². The lowest BCUT2D eigenvalue weighted by Gasteiger charge is -2.18. The summed E-state index contributed by atoms with van der Waals surface area (Å²) in [5.41, 5.74) is 1.12. The fourth-order valence-electron chi connectivity index (χ4n) is 2.29. The summed E-state index contributed by atoms with van der Waals surface area (Å²) in [5, 5.41) is 7.04. The van der Waals surface area contributed by atoms with Crippen LogP contribution in [0.3, 0.4) is 0 Å². The van der Waals surface area contributed by atoms with Gasteiger partial charge in [0.1, 0.15) is 22.8 Å². The number of ether oxygens (including phenoxy) is 2. The second kappa shape index (κ2) is 12.6. The Morgan fingerprint density at radius 2 is 2.00 bits per heavy atom. The van der Waals surface area contributed by atoms with Gasteiger partial charge in [-0.3, -0.25) is 4.99 Å². The molecule has 8 heteroatoms. The molecule has 1 aromatic heterocycles. The summed E-state index contributed by atoms with van der Waals surface area (Å²) < 4.78 is 11.1. The maximum atomic E-state index is 5.89. The number of aliphatic imine (C=N–C) groups is 1. The van der Waals surface area contributed by atoms with Crippen LogP contribution in [0.2, 0.25) is 5.15 Å². The first kappa shape index (κ1) is 23.3. The molecule has 2 aromatic rings. The van der Waals surface area contributed by atoms with Gasteiger partial charge in [-0.15, -0.1) is 24.0 Å². The summed E-state index contributed by atoms with van der Waals surface area (Å²) in [7, 11) is 3.38. The number of hydrogen-bond donors (Lipinski definition) is 2. The zero-order valence-electron chi connectivity index (χ0n) is 15.7. The van der Waals surface area contributed by atoms with Gasteiger partial charge >= 0.3 is 0 Å². The number of hydrogen-bond acceptors (Lipinski definition) is 4. The van der Waals surface area contributed by atoms with Crippen LogP contribution < -0.4 is 20.1 Å². The minimum Gasteiger partial charge on any atom is -0.497 e. The number of nitrogens with one attached hydrogen (secondary N) is 2. The van der Waals surface area contributed by atoms with E-state index in [1.807, 2.05) is 37.3 Å². The van der Waals surface area contributed by atoms with Gasteiger partial charge in [-0.2, -0.15) is 0 Å². The van der Waals surface area contributed by atoms with Gasteiger partial charge in [0.05, 0.1) is 13.7 Å². The highest BCUT2D eigenvalue weighted by molar-refractivity contribution is 14.0. The number of guanidine groups is 1. The van der Waals surface area contributed by atoms with Crippen LogP contribution in [0.25, 0.3) is 0 Å². The van der Waals surface area contributed by atoms with E-state index in [0.29, 0.717) is 11.7 Å². The monoisotopic (exact) mass is 504 g/mol. The molecule has 2 N–H and O–H groups in total. The Labute approximate surface area is 182 Å². The quantitative estimate of drug-likeness (QED) is 0.249. The predicted molar refractivity (Wildman–Crippen MR) is 121 cm³/mol. The molecule has 0 aliphatic heterocycles. The fraction of sp³-hybridized carbons (Fsp3) is 0.368. The molecular formula is C19H26ClIN4O2. The molecule has 0 aliphatic rings. The van der Waals surface area contributed by atoms with Crippen molar-refractivity contribution in [3.05, 3.63) is 53.3 Å². The molecule has 0 radical (unpaired) electrons. The standard InChI is InChI=1S/C19H25ClN4O2.HI/c1-14(26-17-6-4-5-16(11-17)25-3)12-24-19(21-2)22-10-9-15-7-8-18(20)23-13-15;/h4-8,11,13-14H,9-10,12H2,1-3H3,(H2,21,22,24);1H. The molecule has 1 unspecified atom stereocenters. The van der Waals surface area contributed by atoms with Crippen LogP contribution in [-0.4, -0.2) is 44.3 Å². The van der Waals surface area contributed by atoms with Gasteiger partial charge in [-0.25, -0.2) is 4.98 Å². The van der Waals surface area contributed by atoms with Crippen molar-refractivity contribution in [1.82, 2.24) is 15.6 Å². The van der Waals surface area contributed by atoms with Gasteiger partial charge in [0.15, 0.2) is 5.96 Å². The van der Waals surface area contributed by atoms with Gasteiger partial charge in [0.25, 0.3) is 0 Å². The van der Waals surface area contributed by atoms with Gasteiger partial charge in [0, 0.05) is 25.9 Å². The van der Waals surface area contributed by atoms with Crippen LogP contribution in [0.15, 0.2) is 47.6 Å². The predicted octanol–water partition coefficient (Wildman–Crippen LogP) is 3.54. The number of rotatable bonds is 8. The van der Waals surface area contributed by atoms with Crippen LogP contribution in [-0.2, 0) is 6.42 Å². The van der Waals surface area contributed by atoms with Crippen LogP contribution in [0, 0.1) is 0 Å². The van der Waals surface area contributed by atoms with E-state index in [1.54, 1.807) is 26.4 Å². The van der Waals surface area contributed by atoms with Crippen molar-refractivity contribution in [1.29, 1.82) is 0 Å². The average molecular weight is 505 g/mol. The molecule has 0 bridgehead atoms. The third-order valence-corrected chi connectivity index (χ3v) is 3.88. The van der Waals surface area contributed by atoms with Gasteiger partial charge in [0.2, 0.25) is 0 Å². The Morgan fingerprint density at radius 3 is 2.67 bits per heavy atom. The molecule has 0 amide bonds. The molecule has 6 nitrogen and oxygen atoms in total. The summed E-state index contributed by atoms with van der Waals surface area (Å²) in [5.74, 6) is 2.28. The summed E-state index contributed by atoms with van der Waals surface area (Å²) >= 11 is 5.79. The number of nitrogens with zero attached hydrogens (tertiary/aromatic N) is 2. The topological polar surface area (TPSA) is 67.8 Å². The second-order valence-corrected chi connectivity index (χ2v) is 6.11. The second-order valence-electron chi connectivity index (χ2n) is 5.73. The molecule has 0 saturated carbocycles. The van der Waals surface area contributed by atoms with Crippen LogP contribution in [0.1, 0.15) is 12.5 Å². The highest BCUT2D eigenvalue weighted by atomic mass is 127. The zero-order valence-corrected chi connectivity index (χ0v) is 18.8. The van der Waals surface area contributed by atoms with Gasteiger partial charge < -0.3 is 20.1 Å². The fourth-order valence-corrected chi connectivity index (χ4v) is 2.40. The van der Waals surface area contributed by atoms with Crippen molar-refractivity contribution in [3.8, 4) is 11.5 Å². The molecule has 0 aliphatic carbocycles. The smallest absolute Gasteiger partial charge is 0.191 e. The van der Waals surface area contributed by atoms with Crippen molar-refractivity contribution in [2.75, 3.05) is 27.2 Å². The van der Waals surface area contributed by atoms with Gasteiger partial charge in [-0.05, 0) is 37.1 Å². The van der Waals surface area contributed by atoms with Crippen molar-refractivity contribution >= 4 is 41.5 Å². The Kier molecular flexibility index (Phi) is 10.9. The molecule has 0 saturated heterocycles. The third-order valence-electron chi connectivity index (χ3n) is 3.65. The zero-order chi connectivity index (χ0) is 18.8. The number of methoxy groups -OCH3 is 1. The molecule has 148 valence electrons. The lowest BCUT2D eigenvalue weighted by molar-refractivity contribution is 0.223. The molecule has 1 heterocycles. The minimum atomic E-state index is -0.0267. The summed E-state index contributed by atoms with van der Waals surface area (Å²) in [6.45, 7) is 3.37. The van der Waals surface area contributed by atoms with E-state index >= 15 is 0 Å². The van der Waals surface area contributed by atoms with Gasteiger partial charge in [-0.1, -0.05) is 23.7 Å². The van der Waals surface area contributed by atoms with E-state index in [9.17, 15) is 0 Å². The van der Waals surface area contributed by atoms with E-state index in [4.69, 9.17) is 21.1 Å². The maximum Gasteiger partial charge on any atom is 0.191 e. The number of benzene rings is 1. The number of halogens is 2. The number of pyridine rings is 1. The molecule has 1 aromatic carbocycles. The average Bonchev–Trinajstić information content (AvgIpc) is 2.66. The van der Waals surface area contributed by atoms with Crippen LogP contribution in [0.5, 0.6) is 11.5 Å². The maximum absolute atomic E-state index is 5.89. The molecule has 27 heavy (non-hydrogen) atoms. The lowest BCUT2D eigenvalue weighted by Crippen LogP contribution is -2.42. The minimum absolute atomic E-state index is 0. The molecule has 1 atom stereocenters. The van der Waals surface area contributed by atoms with E-state index in [0.717, 1.165) is 36.0 Å². The Balaban J connectivity index is 0.00000364. The normalized spacial score (nSPS) is 11.9. The molecule has 2 rings (SSSR count). The first-order valence-electron chi connectivity index (χ1n) is 8.46. The summed E-state index contributed by atoms with van der Waals surface area (Å²) in [6, 6.07) is 11.3. The third kappa shape index (κ3) is 8.66. The first-order valence-corrected chi connectivity index (χ1v) is 8.84. The highest BCUT2D eigenvalue weighted by Crippen LogP contribution is 2.19. The Hall–Kier alpha value is -1.74. The lowest BCUT2D eigenvalue weighted by atomic mass is 10.2. The molecule has 0 fully saturated rings. The van der Waals surface area contributed by atoms with Crippen molar-refractivity contribution < 1.29 is 9.47 Å². The summed E-state index contributed by atoms with van der Waals surface area (Å²) in [4.78, 5) is 8.30. The van der Waals surface area contributed by atoms with E-state index in [1.165, 1.54) is 0 Å². The number of aromatic nitrogens is 1. The van der Waals surface area contributed by atoms with E-state index < -0.39 is 0 Å².